The second-order valence-electron chi connectivity index (χ2n) is 9.18. The summed E-state index contributed by atoms with van der Waals surface area (Å²) in [6, 6.07) is 8.66. The topological polar surface area (TPSA) is 178 Å². The number of aryl methyl sites for hydroxylation is 2. The summed E-state index contributed by atoms with van der Waals surface area (Å²) in [5.41, 5.74) is 21.0. The van der Waals surface area contributed by atoms with Crippen molar-refractivity contribution in [2.75, 3.05) is 69.1 Å². The molecule has 40 heavy (non-hydrogen) atoms. The average Bonchev–Trinajstić information content (AvgIpc) is 2.95. The summed E-state index contributed by atoms with van der Waals surface area (Å²) in [7, 11) is -1.99. The molecule has 0 aliphatic heterocycles. The number of nitrogens with zero attached hydrogens (tertiary/aromatic N) is 7. The molecule has 0 fully saturated rings. The second kappa shape index (κ2) is 13.4. The summed E-state index contributed by atoms with van der Waals surface area (Å²) in [5.74, 6) is 0.865. The van der Waals surface area contributed by atoms with Gasteiger partial charge < -0.3 is 36.5 Å². The van der Waals surface area contributed by atoms with Crippen molar-refractivity contribution in [3.05, 3.63) is 35.4 Å². The highest BCUT2D eigenvalue weighted by molar-refractivity contribution is 5.92. The number of hydrogen-bond donors (Lipinski definition) is 3. The third kappa shape index (κ3) is 6.86. The van der Waals surface area contributed by atoms with Gasteiger partial charge in [0.1, 0.15) is 11.6 Å². The molecule has 0 unspecified atom stereocenters. The molecule has 6 N–H and O–H groups in total. The van der Waals surface area contributed by atoms with Gasteiger partial charge >= 0.3 is 0 Å². The molecular weight excluding hydrogens is 508 g/mol. The van der Waals surface area contributed by atoms with Crippen LogP contribution in [0, 0.1) is 25.2 Å². The molecular formula is C28H38N10O2. The summed E-state index contributed by atoms with van der Waals surface area (Å²) in [4.78, 5) is 21.0. The van der Waals surface area contributed by atoms with E-state index in [0.717, 1.165) is 17.3 Å². The average molecular weight is 553 g/mol. The Hall–Kier alpha value is -4.63. The lowest BCUT2D eigenvalue weighted by Crippen LogP contribution is -2.23. The number of hydrogen-bond acceptors (Lipinski definition) is 12. The maximum Gasteiger partial charge on any atom is 0.227 e. The van der Waals surface area contributed by atoms with Crippen molar-refractivity contribution in [1.29, 1.82) is 5.26 Å². The molecule has 2 aromatic carbocycles. The van der Waals surface area contributed by atoms with Gasteiger partial charge in [-0.05, 0) is 56.1 Å². The summed E-state index contributed by atoms with van der Waals surface area (Å²) in [5, 5.41) is 9.80. The van der Waals surface area contributed by atoms with Crippen LogP contribution in [-0.2, 0) is 0 Å². The number of benzene rings is 2. The summed E-state index contributed by atoms with van der Waals surface area (Å²) in [6.45, 7) is 5.78. The van der Waals surface area contributed by atoms with Gasteiger partial charge in [-0.3, -0.25) is 0 Å². The molecule has 0 atom stereocenters. The minimum atomic E-state index is -2.81. The fourth-order valence-corrected chi connectivity index (χ4v) is 3.79. The van der Waals surface area contributed by atoms with Gasteiger partial charge in [-0.2, -0.15) is 15.2 Å². The van der Waals surface area contributed by atoms with Gasteiger partial charge in [-0.25, -0.2) is 9.97 Å². The third-order valence-electron chi connectivity index (χ3n) is 6.27. The van der Waals surface area contributed by atoms with Crippen LogP contribution in [0.5, 0.6) is 11.5 Å². The number of methoxy groups -OCH3 is 2. The van der Waals surface area contributed by atoms with Gasteiger partial charge in [-0.1, -0.05) is 0 Å². The Morgan fingerprint density at radius 1 is 0.825 bits per heavy atom. The second-order valence-corrected chi connectivity index (χ2v) is 9.18. The van der Waals surface area contributed by atoms with Crippen LogP contribution in [0.2, 0.25) is 0 Å². The first-order chi connectivity index (χ1) is 21.4. The highest BCUT2D eigenvalue weighted by Crippen LogP contribution is 2.34. The summed E-state index contributed by atoms with van der Waals surface area (Å²) >= 11 is 0. The maximum absolute atomic E-state index is 8.61. The van der Waals surface area contributed by atoms with E-state index < -0.39 is 14.1 Å². The molecule has 0 amide bonds. The third-order valence-corrected chi connectivity index (χ3v) is 6.27. The number of nitrogen functional groups attached to an aromatic ring is 2. The van der Waals surface area contributed by atoms with Gasteiger partial charge in [0.05, 0.1) is 45.8 Å². The van der Waals surface area contributed by atoms with Gasteiger partial charge in [-0.15, -0.1) is 0 Å². The minimum absolute atomic E-state index is 0.0884. The van der Waals surface area contributed by atoms with E-state index in [4.69, 9.17) is 40.2 Å². The lowest BCUT2D eigenvalue weighted by molar-refractivity contribution is 0.356. The zero-order valence-electron chi connectivity index (χ0n) is 29.0. The summed E-state index contributed by atoms with van der Waals surface area (Å²) < 4.78 is 53.3. The van der Waals surface area contributed by atoms with Crippen LogP contribution in [0.25, 0.3) is 21.8 Å². The number of rotatable bonds is 9. The van der Waals surface area contributed by atoms with E-state index in [1.165, 1.54) is 23.3 Å². The van der Waals surface area contributed by atoms with E-state index in [2.05, 4.69) is 26.0 Å². The number of fused-ring (bicyclic) bond motifs is 2. The first-order valence-corrected chi connectivity index (χ1v) is 12.5. The van der Waals surface area contributed by atoms with Crippen molar-refractivity contribution in [3.63, 3.8) is 0 Å². The number of aromatic nitrogens is 4. The van der Waals surface area contributed by atoms with Crippen molar-refractivity contribution in [1.82, 2.24) is 19.9 Å². The van der Waals surface area contributed by atoms with E-state index in [1.54, 1.807) is 11.9 Å². The highest BCUT2D eigenvalue weighted by atomic mass is 16.5. The van der Waals surface area contributed by atoms with Gasteiger partial charge in [0.15, 0.2) is 11.5 Å². The Kier molecular flexibility index (Phi) is 7.46. The molecule has 4 rings (SSSR count). The molecule has 2 aromatic heterocycles. The van der Waals surface area contributed by atoms with Crippen LogP contribution in [-0.4, -0.2) is 67.7 Å². The number of anilines is 4. The molecule has 12 heteroatoms. The van der Waals surface area contributed by atoms with Gasteiger partial charge in [0.2, 0.25) is 11.9 Å². The zero-order valence-corrected chi connectivity index (χ0v) is 23.0. The Morgan fingerprint density at radius 3 is 1.93 bits per heavy atom. The Bertz CT molecular complexity index is 1730. The van der Waals surface area contributed by atoms with Gasteiger partial charge in [0.25, 0.3) is 0 Å². The molecule has 0 aliphatic rings. The SMILES string of the molecule is Cc1cc2nc(N(C)CCC#N)nc(N)c2cc1C.[2H]C([2H])([2H])Oc1cc2nc(N(C)CCCN)nc(N)c2cc1OC([2H])([2H])[2H]. The normalized spacial score (nSPS) is 13.4. The van der Waals surface area contributed by atoms with Crippen molar-refractivity contribution in [2.45, 2.75) is 26.7 Å². The largest absolute Gasteiger partial charge is 0.493 e. The van der Waals surface area contributed by atoms with Crippen LogP contribution < -0.4 is 36.5 Å². The first kappa shape index (κ1) is 22.2. The van der Waals surface area contributed by atoms with Crippen molar-refractivity contribution in [2.24, 2.45) is 5.73 Å². The van der Waals surface area contributed by atoms with Crippen molar-refractivity contribution >= 4 is 45.3 Å². The van der Waals surface area contributed by atoms with E-state index in [9.17, 15) is 0 Å². The molecule has 0 saturated heterocycles. The van der Waals surface area contributed by atoms with E-state index in [1.807, 2.05) is 37.9 Å². The number of ether oxygens (including phenoxy) is 2. The molecule has 2 heterocycles. The highest BCUT2D eigenvalue weighted by Gasteiger charge is 2.14. The van der Waals surface area contributed by atoms with Crippen LogP contribution in [0.1, 0.15) is 32.2 Å². The monoisotopic (exact) mass is 552 g/mol. The quantitative estimate of drug-likeness (QED) is 0.276. The van der Waals surface area contributed by atoms with Crippen LogP contribution in [0.4, 0.5) is 23.5 Å². The molecule has 212 valence electrons. The number of nitrogens with two attached hydrogens (primary N) is 3. The van der Waals surface area contributed by atoms with Crippen LogP contribution in [0.3, 0.4) is 0 Å². The lowest BCUT2D eigenvalue weighted by Gasteiger charge is -2.18. The van der Waals surface area contributed by atoms with E-state index in [-0.39, 0.29) is 22.8 Å². The molecule has 0 bridgehead atoms. The zero-order chi connectivity index (χ0) is 34.4. The maximum atomic E-state index is 8.61. The Balaban J connectivity index is 0.000000266. The number of nitriles is 1. The standard InChI is InChI=1S/C14H21N5O2.C14H17N5/c1-19(6-4-5-15)14-17-10-8-12(21-3)11(20-2)7-9(10)13(16)18-14;1-9-7-11-12(8-10(9)2)17-14(18-13(11)16)19(3)6-4-5-15/h7-8H,4-6,15H2,1-3H3,(H2,16,17,18);7-8H,4,6H2,1-3H3,(H2,16,17,18)/i2D3,3D3;. The minimum Gasteiger partial charge on any atom is -0.493 e. The fraction of sp³-hybridized carbons (Fsp3) is 0.393. The predicted molar refractivity (Wildman–Crippen MR) is 161 cm³/mol. The smallest absolute Gasteiger partial charge is 0.227 e. The van der Waals surface area contributed by atoms with Gasteiger partial charge in [0, 0.05) is 44.0 Å². The van der Waals surface area contributed by atoms with E-state index in [0.29, 0.717) is 49.2 Å². The molecule has 4 aromatic rings. The van der Waals surface area contributed by atoms with Crippen LogP contribution in [0.15, 0.2) is 24.3 Å². The Morgan fingerprint density at radius 2 is 1.35 bits per heavy atom. The van der Waals surface area contributed by atoms with E-state index >= 15 is 0 Å². The molecule has 0 aliphatic carbocycles. The molecule has 0 spiro atoms. The van der Waals surface area contributed by atoms with Crippen molar-refractivity contribution < 1.29 is 17.7 Å². The molecule has 12 nitrogen and oxygen atoms in total. The first-order valence-electron chi connectivity index (χ1n) is 15.5. The molecule has 0 radical (unpaired) electrons. The predicted octanol–water partition coefficient (Wildman–Crippen LogP) is 3.19. The van der Waals surface area contributed by atoms with Crippen LogP contribution >= 0.6 is 0 Å². The summed E-state index contributed by atoms with van der Waals surface area (Å²) in [6.07, 6.45) is 1.15. The fourth-order valence-electron chi connectivity index (χ4n) is 3.79. The Labute approximate surface area is 243 Å². The molecule has 0 saturated carbocycles. The lowest BCUT2D eigenvalue weighted by atomic mass is 10.1. The van der Waals surface area contributed by atoms with Crippen molar-refractivity contribution in [3.8, 4) is 17.6 Å².